The van der Waals surface area contributed by atoms with Gasteiger partial charge in [-0.25, -0.2) is 0 Å². The van der Waals surface area contributed by atoms with E-state index >= 15 is 0 Å². The summed E-state index contributed by atoms with van der Waals surface area (Å²) in [6, 6.07) is 6.64. The molecule has 124 valence electrons. The molecule has 1 aromatic carbocycles. The first kappa shape index (κ1) is 15.2. The van der Waals surface area contributed by atoms with Gasteiger partial charge in [0.2, 0.25) is 5.91 Å². The van der Waals surface area contributed by atoms with Gasteiger partial charge in [0.1, 0.15) is 0 Å². The van der Waals surface area contributed by atoms with E-state index in [0.717, 1.165) is 37.0 Å². The number of rotatable bonds is 3. The summed E-state index contributed by atoms with van der Waals surface area (Å²) in [6.45, 7) is 6.40. The van der Waals surface area contributed by atoms with E-state index < -0.39 is 0 Å². The maximum absolute atomic E-state index is 13.2. The van der Waals surface area contributed by atoms with Crippen LogP contribution in [0, 0.1) is 37.0 Å². The van der Waals surface area contributed by atoms with Gasteiger partial charge in [0.25, 0.3) is 0 Å². The molecule has 5 rings (SSSR count). The molecule has 2 heteroatoms. The van der Waals surface area contributed by atoms with Gasteiger partial charge in [0, 0.05) is 5.41 Å². The molecule has 0 heterocycles. The number of hydrogen-bond acceptors (Lipinski definition) is 1. The van der Waals surface area contributed by atoms with Crippen molar-refractivity contribution in [3.63, 3.8) is 0 Å². The first-order valence-corrected chi connectivity index (χ1v) is 9.33. The van der Waals surface area contributed by atoms with Crippen molar-refractivity contribution in [2.75, 3.05) is 0 Å². The van der Waals surface area contributed by atoms with Crippen LogP contribution in [0.25, 0.3) is 0 Å². The molecule has 4 fully saturated rings. The van der Waals surface area contributed by atoms with Gasteiger partial charge in [0.15, 0.2) is 0 Å². The Hall–Kier alpha value is -1.31. The third-order valence-corrected chi connectivity index (χ3v) is 6.77. The van der Waals surface area contributed by atoms with Crippen molar-refractivity contribution in [3.05, 3.63) is 34.9 Å². The Morgan fingerprint density at radius 3 is 2.22 bits per heavy atom. The van der Waals surface area contributed by atoms with Crippen LogP contribution >= 0.6 is 0 Å². The van der Waals surface area contributed by atoms with Gasteiger partial charge < -0.3 is 5.32 Å². The lowest BCUT2D eigenvalue weighted by atomic mass is 9.49. The fraction of sp³-hybridized carbons (Fsp3) is 0.667. The average Bonchev–Trinajstić information content (AvgIpc) is 2.48. The zero-order valence-corrected chi connectivity index (χ0v) is 14.7. The predicted molar refractivity (Wildman–Crippen MR) is 93.1 cm³/mol. The molecule has 4 aliphatic rings. The van der Waals surface area contributed by atoms with Gasteiger partial charge in [-0.1, -0.05) is 23.8 Å². The van der Waals surface area contributed by atoms with E-state index in [0.29, 0.717) is 5.91 Å². The number of carbonyl (C=O) groups excluding carboxylic acids is 1. The van der Waals surface area contributed by atoms with E-state index in [1.54, 1.807) is 0 Å². The zero-order chi connectivity index (χ0) is 16.2. The standard InChI is InChI=1S/C21H29NO/c1-13-4-5-14(2)19(6-13)15(3)22-20(23)21-10-16-7-17(11-21)9-18(8-16)12-21/h4-6,15-18H,7-12H2,1-3H3,(H,22,23)/t15-,16?,17?,18?,21?/m0/s1. The summed E-state index contributed by atoms with van der Waals surface area (Å²) < 4.78 is 0. The van der Waals surface area contributed by atoms with E-state index in [1.165, 1.54) is 36.0 Å². The summed E-state index contributed by atoms with van der Waals surface area (Å²) in [7, 11) is 0. The minimum absolute atomic E-state index is 0.0409. The third kappa shape index (κ3) is 2.60. The normalized spacial score (nSPS) is 36.0. The molecular formula is C21H29NO. The van der Waals surface area contributed by atoms with Crippen molar-refractivity contribution >= 4 is 5.91 Å². The number of hydrogen-bond donors (Lipinski definition) is 1. The fourth-order valence-electron chi connectivity index (χ4n) is 6.04. The first-order valence-electron chi connectivity index (χ1n) is 9.33. The van der Waals surface area contributed by atoms with Gasteiger partial charge in [-0.3, -0.25) is 4.79 Å². The summed E-state index contributed by atoms with van der Waals surface area (Å²) in [6.07, 6.45) is 7.59. The van der Waals surface area contributed by atoms with Crippen LogP contribution in [0.3, 0.4) is 0 Å². The lowest BCUT2D eigenvalue weighted by Crippen LogP contribution is -2.53. The van der Waals surface area contributed by atoms with Crippen molar-refractivity contribution in [2.24, 2.45) is 23.2 Å². The average molecular weight is 311 g/mol. The molecule has 2 nitrogen and oxygen atoms in total. The van der Waals surface area contributed by atoms with E-state index in [4.69, 9.17) is 0 Å². The summed E-state index contributed by atoms with van der Waals surface area (Å²) in [4.78, 5) is 13.2. The Kier molecular flexibility index (Phi) is 3.55. The number of carbonyl (C=O) groups is 1. The van der Waals surface area contributed by atoms with E-state index in [2.05, 4.69) is 44.3 Å². The zero-order valence-electron chi connectivity index (χ0n) is 14.7. The molecule has 0 aromatic heterocycles. The van der Waals surface area contributed by atoms with E-state index in [1.807, 2.05) is 0 Å². The van der Waals surface area contributed by atoms with Crippen molar-refractivity contribution in [1.82, 2.24) is 5.32 Å². The second kappa shape index (κ2) is 5.36. The van der Waals surface area contributed by atoms with Gasteiger partial charge in [-0.05, 0) is 88.2 Å². The van der Waals surface area contributed by atoms with Gasteiger partial charge in [-0.15, -0.1) is 0 Å². The molecule has 4 aliphatic carbocycles. The molecule has 23 heavy (non-hydrogen) atoms. The van der Waals surface area contributed by atoms with E-state index in [9.17, 15) is 4.79 Å². The van der Waals surface area contributed by atoms with Gasteiger partial charge in [-0.2, -0.15) is 0 Å². The second-order valence-corrected chi connectivity index (χ2v) is 8.75. The number of aryl methyl sites for hydroxylation is 2. The van der Waals surface area contributed by atoms with Crippen LogP contribution < -0.4 is 5.32 Å². The Morgan fingerprint density at radius 1 is 1.09 bits per heavy atom. The Morgan fingerprint density at radius 2 is 1.65 bits per heavy atom. The molecule has 1 aromatic rings. The second-order valence-electron chi connectivity index (χ2n) is 8.75. The van der Waals surface area contributed by atoms with Crippen molar-refractivity contribution < 1.29 is 4.79 Å². The molecule has 0 unspecified atom stereocenters. The molecule has 0 spiro atoms. The van der Waals surface area contributed by atoms with Crippen LogP contribution in [-0.4, -0.2) is 5.91 Å². The minimum Gasteiger partial charge on any atom is -0.349 e. The highest BCUT2D eigenvalue weighted by molar-refractivity contribution is 5.83. The highest BCUT2D eigenvalue weighted by Gasteiger charge is 2.54. The van der Waals surface area contributed by atoms with Crippen LogP contribution in [0.2, 0.25) is 0 Å². The molecule has 4 bridgehead atoms. The first-order chi connectivity index (χ1) is 10.9. The topological polar surface area (TPSA) is 29.1 Å². The van der Waals surface area contributed by atoms with Crippen LogP contribution in [-0.2, 0) is 4.79 Å². The summed E-state index contributed by atoms with van der Waals surface area (Å²) in [5, 5.41) is 3.38. The molecular weight excluding hydrogens is 282 g/mol. The van der Waals surface area contributed by atoms with Gasteiger partial charge >= 0.3 is 0 Å². The van der Waals surface area contributed by atoms with E-state index in [-0.39, 0.29) is 11.5 Å². The number of nitrogens with one attached hydrogen (secondary N) is 1. The van der Waals surface area contributed by atoms with Gasteiger partial charge in [0.05, 0.1) is 6.04 Å². The predicted octanol–water partition coefficient (Wildman–Crippen LogP) is 4.70. The summed E-state index contributed by atoms with van der Waals surface area (Å²) >= 11 is 0. The van der Waals surface area contributed by atoms with Crippen molar-refractivity contribution in [3.8, 4) is 0 Å². The monoisotopic (exact) mass is 311 g/mol. The molecule has 0 saturated heterocycles. The molecule has 4 saturated carbocycles. The molecule has 1 N–H and O–H groups in total. The highest BCUT2D eigenvalue weighted by atomic mass is 16.2. The fourth-order valence-corrected chi connectivity index (χ4v) is 6.04. The molecule has 1 atom stereocenters. The Balaban J connectivity index is 1.52. The van der Waals surface area contributed by atoms with Crippen molar-refractivity contribution in [2.45, 2.75) is 65.3 Å². The smallest absolute Gasteiger partial charge is 0.226 e. The Labute approximate surface area is 140 Å². The maximum Gasteiger partial charge on any atom is 0.226 e. The molecule has 0 radical (unpaired) electrons. The SMILES string of the molecule is Cc1ccc(C)c([C@H](C)NC(=O)C23CC4CC(CC(C4)C2)C3)c1. The Bertz CT molecular complexity index is 597. The maximum atomic E-state index is 13.2. The molecule has 1 amide bonds. The summed E-state index contributed by atoms with van der Waals surface area (Å²) in [5.74, 6) is 2.80. The van der Waals surface area contributed by atoms with Crippen molar-refractivity contribution in [1.29, 1.82) is 0 Å². The minimum atomic E-state index is -0.0409. The summed E-state index contributed by atoms with van der Waals surface area (Å²) in [5.41, 5.74) is 3.76. The van der Waals surface area contributed by atoms with Crippen LogP contribution in [0.1, 0.15) is 68.2 Å². The lowest BCUT2D eigenvalue weighted by Gasteiger charge is -2.55. The number of amides is 1. The quantitative estimate of drug-likeness (QED) is 0.861. The third-order valence-electron chi connectivity index (χ3n) is 6.77. The largest absolute Gasteiger partial charge is 0.349 e. The van der Waals surface area contributed by atoms with Crippen LogP contribution in [0.4, 0.5) is 0 Å². The van der Waals surface area contributed by atoms with Crippen LogP contribution in [0.15, 0.2) is 18.2 Å². The highest BCUT2D eigenvalue weighted by Crippen LogP contribution is 2.60. The van der Waals surface area contributed by atoms with Crippen LogP contribution in [0.5, 0.6) is 0 Å². The molecule has 0 aliphatic heterocycles. The lowest BCUT2D eigenvalue weighted by molar-refractivity contribution is -0.147. The number of benzene rings is 1.